The minimum Gasteiger partial charge on any atom is -0.382 e. The second-order valence-corrected chi connectivity index (χ2v) is 9.79. The molecule has 2 heterocycles. The number of nitrogens with two attached hydrogens (primary N) is 1. The minimum atomic E-state index is -0.378. The third-order valence-corrected chi connectivity index (χ3v) is 7.12. The predicted octanol–water partition coefficient (Wildman–Crippen LogP) is 5.98. The molecule has 3 aromatic carbocycles. The fourth-order valence-corrected chi connectivity index (χ4v) is 4.93. The maximum atomic E-state index is 13.0. The molecule has 9 heteroatoms. The molecule has 36 heavy (non-hydrogen) atoms. The maximum Gasteiger partial charge on any atom is 0.220 e. The van der Waals surface area contributed by atoms with Gasteiger partial charge in [-0.2, -0.15) is 5.10 Å². The van der Waals surface area contributed by atoms with Gasteiger partial charge < -0.3 is 16.0 Å². The van der Waals surface area contributed by atoms with Crippen molar-refractivity contribution in [3.63, 3.8) is 0 Å². The Kier molecular flexibility index (Phi) is 7.06. The summed E-state index contributed by atoms with van der Waals surface area (Å²) in [5.74, 6) is 0.978. The van der Waals surface area contributed by atoms with E-state index in [2.05, 4.69) is 36.4 Å². The van der Waals surface area contributed by atoms with E-state index in [4.69, 9.17) is 22.3 Å². The Hall–Kier alpha value is -3.62. The number of halogens is 2. The van der Waals surface area contributed by atoms with Crippen LogP contribution in [0.2, 0.25) is 5.15 Å². The number of nitrogens with zero attached hydrogens (tertiary/aromatic N) is 2. The number of imidazole rings is 1. The number of nitrogens with one attached hydrogen (secondary N) is 3. The quantitative estimate of drug-likeness (QED) is 0.186. The summed E-state index contributed by atoms with van der Waals surface area (Å²) in [6.45, 7) is 0. The number of aryl methyl sites for hydroxylation is 1. The van der Waals surface area contributed by atoms with Crippen LogP contribution in [0.25, 0.3) is 22.2 Å². The Morgan fingerprint density at radius 2 is 1.86 bits per heavy atom. The molecule has 1 unspecified atom stereocenters. The molecule has 2 aromatic heterocycles. The summed E-state index contributed by atoms with van der Waals surface area (Å²) in [5, 5.41) is 11.4. The Morgan fingerprint density at radius 3 is 2.67 bits per heavy atom. The van der Waals surface area contributed by atoms with Crippen molar-refractivity contribution in [1.82, 2.24) is 25.5 Å². The molecule has 0 bridgehead atoms. The van der Waals surface area contributed by atoms with Gasteiger partial charge >= 0.3 is 0 Å². The summed E-state index contributed by atoms with van der Waals surface area (Å²) in [4.78, 5) is 21.0. The maximum absolute atomic E-state index is 13.0. The topological polar surface area (TPSA) is 112 Å². The summed E-state index contributed by atoms with van der Waals surface area (Å²) in [6, 6.07) is 23.2. The fourth-order valence-electron chi connectivity index (χ4n) is 4.20. The Labute approximate surface area is 221 Å². The van der Waals surface area contributed by atoms with Gasteiger partial charge in [0.05, 0.1) is 11.6 Å². The average molecular weight is 564 g/mol. The molecule has 0 saturated carbocycles. The molecule has 0 spiro atoms. The number of hydrogen-bond donors (Lipinski definition) is 4. The Balaban J connectivity index is 1.40. The first kappa shape index (κ1) is 24.1. The van der Waals surface area contributed by atoms with E-state index in [0.717, 1.165) is 32.1 Å². The van der Waals surface area contributed by atoms with Gasteiger partial charge in [-0.05, 0) is 42.2 Å². The molecule has 0 radical (unpaired) electrons. The van der Waals surface area contributed by atoms with Crippen LogP contribution in [0.15, 0.2) is 77.3 Å². The summed E-state index contributed by atoms with van der Waals surface area (Å²) < 4.78 is 0.997. The van der Waals surface area contributed by atoms with Crippen molar-refractivity contribution >= 4 is 50.2 Å². The molecule has 0 aliphatic carbocycles. The first-order valence-corrected chi connectivity index (χ1v) is 12.7. The van der Waals surface area contributed by atoms with Crippen molar-refractivity contribution in [2.45, 2.75) is 25.3 Å². The summed E-state index contributed by atoms with van der Waals surface area (Å²) in [7, 11) is 0. The van der Waals surface area contributed by atoms with Crippen LogP contribution >= 0.6 is 27.5 Å². The lowest BCUT2D eigenvalue weighted by Gasteiger charge is -2.17. The third-order valence-electron chi connectivity index (χ3n) is 6.07. The second-order valence-electron chi connectivity index (χ2n) is 8.56. The highest BCUT2D eigenvalue weighted by atomic mass is 79.9. The number of benzene rings is 3. The minimum absolute atomic E-state index is 0.0601. The first-order chi connectivity index (χ1) is 17.5. The lowest BCUT2D eigenvalue weighted by atomic mass is 10.0. The van der Waals surface area contributed by atoms with Crippen LogP contribution in [0.3, 0.4) is 0 Å². The van der Waals surface area contributed by atoms with Crippen molar-refractivity contribution in [1.29, 1.82) is 0 Å². The van der Waals surface area contributed by atoms with Gasteiger partial charge in [0.2, 0.25) is 5.91 Å². The highest BCUT2D eigenvalue weighted by Crippen LogP contribution is 2.31. The molecule has 0 saturated heterocycles. The van der Waals surface area contributed by atoms with Gasteiger partial charge in [0.25, 0.3) is 0 Å². The molecule has 7 nitrogen and oxygen atoms in total. The number of hydrogen-bond acceptors (Lipinski definition) is 4. The van der Waals surface area contributed by atoms with Crippen LogP contribution in [0.1, 0.15) is 29.4 Å². The molecule has 5 N–H and O–H groups in total. The Bertz CT molecular complexity index is 1510. The molecular formula is C27H24BrClN6O. The van der Waals surface area contributed by atoms with E-state index in [1.54, 1.807) is 0 Å². The number of anilines is 1. The number of amides is 1. The van der Waals surface area contributed by atoms with Gasteiger partial charge in [0.1, 0.15) is 16.7 Å². The molecular weight excluding hydrogens is 540 g/mol. The second kappa shape index (κ2) is 10.6. The third kappa shape index (κ3) is 5.29. The van der Waals surface area contributed by atoms with E-state index >= 15 is 0 Å². The largest absolute Gasteiger partial charge is 0.382 e. The van der Waals surface area contributed by atoms with Crippen molar-refractivity contribution in [2.75, 3.05) is 5.73 Å². The molecule has 5 rings (SSSR count). The van der Waals surface area contributed by atoms with Crippen molar-refractivity contribution in [3.8, 4) is 11.3 Å². The van der Waals surface area contributed by atoms with Gasteiger partial charge in [-0.3, -0.25) is 9.89 Å². The zero-order valence-electron chi connectivity index (χ0n) is 19.3. The van der Waals surface area contributed by atoms with E-state index in [1.807, 2.05) is 72.8 Å². The lowest BCUT2D eigenvalue weighted by molar-refractivity contribution is -0.121. The molecule has 182 valence electrons. The first-order valence-electron chi connectivity index (χ1n) is 11.5. The number of rotatable bonds is 8. The van der Waals surface area contributed by atoms with Gasteiger partial charge in [0, 0.05) is 21.8 Å². The van der Waals surface area contributed by atoms with Crippen molar-refractivity contribution < 1.29 is 4.79 Å². The summed E-state index contributed by atoms with van der Waals surface area (Å²) >= 11 is 10.1. The van der Waals surface area contributed by atoms with E-state index in [9.17, 15) is 4.79 Å². The van der Waals surface area contributed by atoms with Gasteiger partial charge in [-0.25, -0.2) is 4.98 Å². The number of fused-ring (bicyclic) bond motifs is 1. The number of aromatic nitrogens is 4. The van der Waals surface area contributed by atoms with Gasteiger partial charge in [-0.15, -0.1) is 0 Å². The van der Waals surface area contributed by atoms with Crippen LogP contribution in [0.4, 0.5) is 5.82 Å². The molecule has 5 aromatic rings. The number of carbonyl (C=O) groups is 1. The van der Waals surface area contributed by atoms with Gasteiger partial charge in [-0.1, -0.05) is 82.1 Å². The number of H-pyrrole nitrogens is 2. The standard InChI is InChI=1S/C27H24BrClN6O/c28-20-9-5-4-8-17(20)11-13-23(36)31-22(14-16-6-2-1-3-7-16)27-32-24(25(29)33-27)18-10-12-19-21(15-18)34-35-26(19)30/h1-10,12,15,22H,11,13-14H2,(H,31,36)(H,32,33)(H3,30,34,35). The normalized spacial score (nSPS) is 12.1. The monoisotopic (exact) mass is 562 g/mol. The molecule has 0 fully saturated rings. The molecule has 1 amide bonds. The number of aromatic amines is 2. The highest BCUT2D eigenvalue weighted by Gasteiger charge is 2.22. The SMILES string of the molecule is Nc1n[nH]c2cc(-c3nc(C(Cc4ccccc4)NC(=O)CCc4ccccc4Br)[nH]c3Cl)ccc12. The predicted molar refractivity (Wildman–Crippen MR) is 147 cm³/mol. The molecule has 0 aliphatic heterocycles. The molecule has 0 aliphatic rings. The smallest absolute Gasteiger partial charge is 0.220 e. The van der Waals surface area contributed by atoms with Gasteiger partial charge in [0.15, 0.2) is 5.82 Å². The van der Waals surface area contributed by atoms with Crippen LogP contribution in [-0.2, 0) is 17.6 Å². The summed E-state index contributed by atoms with van der Waals surface area (Å²) in [6.07, 6.45) is 1.55. The highest BCUT2D eigenvalue weighted by molar-refractivity contribution is 9.10. The number of nitrogen functional groups attached to an aromatic ring is 1. The van der Waals surface area contributed by atoms with Crippen LogP contribution < -0.4 is 11.1 Å². The van der Waals surface area contributed by atoms with Crippen LogP contribution in [0, 0.1) is 0 Å². The zero-order valence-corrected chi connectivity index (χ0v) is 21.6. The lowest BCUT2D eigenvalue weighted by Crippen LogP contribution is -2.31. The van der Waals surface area contributed by atoms with E-state index < -0.39 is 0 Å². The van der Waals surface area contributed by atoms with E-state index in [0.29, 0.717) is 41.8 Å². The average Bonchev–Trinajstić information content (AvgIpc) is 3.46. The van der Waals surface area contributed by atoms with Crippen molar-refractivity contribution in [3.05, 3.63) is 99.4 Å². The number of carbonyl (C=O) groups excluding carboxylic acids is 1. The van der Waals surface area contributed by atoms with E-state index in [-0.39, 0.29) is 11.9 Å². The zero-order chi connectivity index (χ0) is 25.1. The fraction of sp³-hybridized carbons (Fsp3) is 0.148. The van der Waals surface area contributed by atoms with Crippen molar-refractivity contribution in [2.24, 2.45) is 0 Å². The Morgan fingerprint density at radius 1 is 1.08 bits per heavy atom. The van der Waals surface area contributed by atoms with Crippen LogP contribution in [-0.4, -0.2) is 26.1 Å². The van der Waals surface area contributed by atoms with Crippen LogP contribution in [0.5, 0.6) is 0 Å². The molecule has 1 atom stereocenters. The van der Waals surface area contributed by atoms with E-state index in [1.165, 1.54) is 0 Å². The summed E-state index contributed by atoms with van der Waals surface area (Å²) in [5.41, 5.74) is 10.3.